The minimum Gasteiger partial charge on any atom is -0.457 e. The van der Waals surface area contributed by atoms with E-state index >= 15 is 0 Å². The second kappa shape index (κ2) is 6.49. The summed E-state index contributed by atoms with van der Waals surface area (Å²) in [6.45, 7) is 0. The number of carbonyl (C=O) groups excluding carboxylic acids is 1. The molecule has 0 saturated carbocycles. The Bertz CT molecular complexity index is 1010. The number of para-hydroxylation sites is 1. The topological polar surface area (TPSA) is 55.6 Å². The minimum atomic E-state index is -0.174. The van der Waals surface area contributed by atoms with Crippen molar-refractivity contribution in [1.82, 2.24) is 9.38 Å². The molecule has 2 heterocycles. The molecule has 0 atom stereocenters. The number of nitrogens with one attached hydrogen (secondary N) is 1. The van der Waals surface area contributed by atoms with Crippen molar-refractivity contribution in [3.05, 3.63) is 90.9 Å². The standard InChI is InChI=1S/C20H15N3O2/c24-20(15-6-11-19-21-12-13-23(19)14-15)22-16-7-9-18(10-8-16)25-17-4-2-1-3-5-17/h1-14H,(H,22,24). The van der Waals surface area contributed by atoms with Gasteiger partial charge in [-0.25, -0.2) is 4.98 Å². The Morgan fingerprint density at radius 1 is 0.920 bits per heavy atom. The van der Waals surface area contributed by atoms with Gasteiger partial charge >= 0.3 is 0 Å². The highest BCUT2D eigenvalue weighted by Gasteiger charge is 2.07. The van der Waals surface area contributed by atoms with Gasteiger partial charge in [-0.15, -0.1) is 0 Å². The Kier molecular flexibility index (Phi) is 3.88. The quantitative estimate of drug-likeness (QED) is 0.604. The first-order valence-corrected chi connectivity index (χ1v) is 7.85. The number of benzene rings is 2. The van der Waals surface area contributed by atoms with E-state index in [2.05, 4.69) is 10.3 Å². The lowest BCUT2D eigenvalue weighted by Gasteiger charge is -2.08. The Balaban J connectivity index is 1.46. The van der Waals surface area contributed by atoms with Crippen LogP contribution in [0.15, 0.2) is 85.3 Å². The number of nitrogens with zero attached hydrogens (tertiary/aromatic N) is 2. The van der Waals surface area contributed by atoms with Crippen LogP contribution < -0.4 is 10.1 Å². The van der Waals surface area contributed by atoms with Gasteiger partial charge in [0.25, 0.3) is 5.91 Å². The van der Waals surface area contributed by atoms with Gasteiger partial charge in [-0.3, -0.25) is 4.79 Å². The zero-order valence-corrected chi connectivity index (χ0v) is 13.3. The van der Waals surface area contributed by atoms with Gasteiger partial charge in [-0.2, -0.15) is 0 Å². The lowest BCUT2D eigenvalue weighted by atomic mass is 10.2. The van der Waals surface area contributed by atoms with E-state index in [1.807, 2.05) is 71.3 Å². The van der Waals surface area contributed by atoms with Gasteiger partial charge in [-0.05, 0) is 48.5 Å². The maximum Gasteiger partial charge on any atom is 0.257 e. The Hall–Kier alpha value is -3.60. The Morgan fingerprint density at radius 2 is 1.68 bits per heavy atom. The average molecular weight is 329 g/mol. The third-order valence-corrected chi connectivity index (χ3v) is 3.74. The van der Waals surface area contributed by atoms with Crippen LogP contribution in [0.3, 0.4) is 0 Å². The third-order valence-electron chi connectivity index (χ3n) is 3.74. The number of hydrogen-bond donors (Lipinski definition) is 1. The van der Waals surface area contributed by atoms with Crippen molar-refractivity contribution >= 4 is 17.2 Å². The molecule has 25 heavy (non-hydrogen) atoms. The molecule has 0 spiro atoms. The number of rotatable bonds is 4. The number of fused-ring (bicyclic) bond motifs is 1. The van der Waals surface area contributed by atoms with Crippen molar-refractivity contribution in [3.63, 3.8) is 0 Å². The molecule has 122 valence electrons. The van der Waals surface area contributed by atoms with Gasteiger partial charge in [0, 0.05) is 24.3 Å². The fraction of sp³-hybridized carbons (Fsp3) is 0. The predicted octanol–water partition coefficient (Wildman–Crippen LogP) is 4.38. The van der Waals surface area contributed by atoms with Crippen LogP contribution in [0.2, 0.25) is 0 Å². The molecule has 5 heteroatoms. The summed E-state index contributed by atoms with van der Waals surface area (Å²) in [5.41, 5.74) is 2.07. The van der Waals surface area contributed by atoms with Crippen molar-refractivity contribution in [3.8, 4) is 11.5 Å². The van der Waals surface area contributed by atoms with Crippen LogP contribution in [0.5, 0.6) is 11.5 Å². The van der Waals surface area contributed by atoms with Crippen LogP contribution in [0.25, 0.3) is 5.65 Å². The van der Waals surface area contributed by atoms with Crippen LogP contribution >= 0.6 is 0 Å². The number of amides is 1. The van der Waals surface area contributed by atoms with Crippen molar-refractivity contribution in [2.75, 3.05) is 5.32 Å². The summed E-state index contributed by atoms with van der Waals surface area (Å²) in [7, 11) is 0. The molecule has 2 aromatic heterocycles. The highest BCUT2D eigenvalue weighted by molar-refractivity contribution is 6.04. The van der Waals surface area contributed by atoms with Gasteiger partial charge in [0.1, 0.15) is 17.1 Å². The molecule has 0 aliphatic carbocycles. The van der Waals surface area contributed by atoms with E-state index in [1.54, 1.807) is 18.5 Å². The van der Waals surface area contributed by atoms with Gasteiger partial charge < -0.3 is 14.5 Å². The van der Waals surface area contributed by atoms with Crippen LogP contribution in [0.1, 0.15) is 10.4 Å². The highest BCUT2D eigenvalue weighted by atomic mass is 16.5. The Morgan fingerprint density at radius 3 is 2.48 bits per heavy atom. The lowest BCUT2D eigenvalue weighted by Crippen LogP contribution is -2.12. The third kappa shape index (κ3) is 3.35. The van der Waals surface area contributed by atoms with Gasteiger partial charge in [-0.1, -0.05) is 18.2 Å². The number of imidazole rings is 1. The molecule has 0 bridgehead atoms. The molecule has 0 radical (unpaired) electrons. The van der Waals surface area contributed by atoms with E-state index in [9.17, 15) is 4.79 Å². The van der Waals surface area contributed by atoms with Gasteiger partial charge in [0.05, 0.1) is 5.56 Å². The smallest absolute Gasteiger partial charge is 0.257 e. The number of aromatic nitrogens is 2. The first-order valence-electron chi connectivity index (χ1n) is 7.85. The maximum absolute atomic E-state index is 12.4. The van der Waals surface area contributed by atoms with E-state index in [-0.39, 0.29) is 5.91 Å². The molecule has 0 saturated heterocycles. The normalized spacial score (nSPS) is 10.6. The van der Waals surface area contributed by atoms with E-state index < -0.39 is 0 Å². The number of carbonyl (C=O) groups is 1. The molecular weight excluding hydrogens is 314 g/mol. The summed E-state index contributed by atoms with van der Waals surface area (Å²) in [5, 5.41) is 2.88. The van der Waals surface area contributed by atoms with Gasteiger partial charge in [0.15, 0.2) is 0 Å². The van der Waals surface area contributed by atoms with Crippen LogP contribution in [-0.2, 0) is 0 Å². The average Bonchev–Trinajstić information content (AvgIpc) is 3.12. The largest absolute Gasteiger partial charge is 0.457 e. The number of hydrogen-bond acceptors (Lipinski definition) is 3. The monoisotopic (exact) mass is 329 g/mol. The molecule has 0 fully saturated rings. The summed E-state index contributed by atoms with van der Waals surface area (Å²) < 4.78 is 7.55. The summed E-state index contributed by atoms with van der Waals surface area (Å²) in [4.78, 5) is 16.5. The number of pyridine rings is 1. The van der Waals surface area contributed by atoms with Crippen molar-refractivity contribution in [2.24, 2.45) is 0 Å². The SMILES string of the molecule is O=C(Nc1ccc(Oc2ccccc2)cc1)c1ccc2nccn2c1. The second-order valence-corrected chi connectivity index (χ2v) is 5.50. The molecule has 0 unspecified atom stereocenters. The molecule has 4 rings (SSSR count). The fourth-order valence-electron chi connectivity index (χ4n) is 2.49. The maximum atomic E-state index is 12.4. The lowest BCUT2D eigenvalue weighted by molar-refractivity contribution is 0.102. The van der Waals surface area contributed by atoms with E-state index in [0.29, 0.717) is 17.0 Å². The molecule has 5 nitrogen and oxygen atoms in total. The van der Waals surface area contributed by atoms with Crippen LogP contribution in [0.4, 0.5) is 5.69 Å². The zero-order chi connectivity index (χ0) is 17.1. The van der Waals surface area contributed by atoms with Crippen molar-refractivity contribution < 1.29 is 9.53 Å². The summed E-state index contributed by atoms with van der Waals surface area (Å²) in [5.74, 6) is 1.31. The minimum absolute atomic E-state index is 0.174. The van der Waals surface area contributed by atoms with E-state index in [4.69, 9.17) is 4.74 Å². The molecule has 1 amide bonds. The molecular formula is C20H15N3O2. The van der Waals surface area contributed by atoms with Crippen molar-refractivity contribution in [1.29, 1.82) is 0 Å². The Labute approximate surface area is 144 Å². The van der Waals surface area contributed by atoms with Crippen molar-refractivity contribution in [2.45, 2.75) is 0 Å². The van der Waals surface area contributed by atoms with Gasteiger partial charge in [0.2, 0.25) is 0 Å². The molecule has 4 aromatic rings. The molecule has 1 N–H and O–H groups in total. The zero-order valence-electron chi connectivity index (χ0n) is 13.3. The van der Waals surface area contributed by atoms with E-state index in [1.165, 1.54) is 0 Å². The fourth-order valence-corrected chi connectivity index (χ4v) is 2.49. The number of anilines is 1. The molecule has 0 aliphatic rings. The van der Waals surface area contributed by atoms with E-state index in [0.717, 1.165) is 11.4 Å². The van der Waals surface area contributed by atoms with Crippen LogP contribution in [0, 0.1) is 0 Å². The van der Waals surface area contributed by atoms with Crippen LogP contribution in [-0.4, -0.2) is 15.3 Å². The second-order valence-electron chi connectivity index (χ2n) is 5.50. The highest BCUT2D eigenvalue weighted by Crippen LogP contribution is 2.22. The summed E-state index contributed by atoms with van der Waals surface area (Å²) >= 11 is 0. The molecule has 2 aromatic carbocycles. The predicted molar refractivity (Wildman–Crippen MR) is 96.1 cm³/mol. The number of ether oxygens (including phenoxy) is 1. The first kappa shape index (κ1) is 15.0. The molecule has 0 aliphatic heterocycles. The summed E-state index contributed by atoms with van der Waals surface area (Å²) in [6, 6.07) is 20.4. The summed E-state index contributed by atoms with van der Waals surface area (Å²) in [6.07, 6.45) is 5.26. The first-order chi connectivity index (χ1) is 12.3.